The molecule has 0 aromatic heterocycles. The van der Waals surface area contributed by atoms with Gasteiger partial charge in [0.2, 0.25) is 5.91 Å². The molecule has 5 heteroatoms. The zero-order valence-electron chi connectivity index (χ0n) is 13.5. The highest BCUT2D eigenvalue weighted by Gasteiger charge is 2.36. The number of amides is 1. The number of primary amides is 1. The number of esters is 1. The number of rotatable bonds is 5. The predicted octanol–water partition coefficient (Wildman–Crippen LogP) is 2.64. The van der Waals surface area contributed by atoms with Crippen molar-refractivity contribution >= 4 is 17.6 Å². The molecule has 0 saturated heterocycles. The number of fused-ring (bicyclic) bond motifs is 1. The third-order valence-electron chi connectivity index (χ3n) is 4.37. The van der Waals surface area contributed by atoms with E-state index in [0.29, 0.717) is 17.7 Å². The first-order valence-electron chi connectivity index (χ1n) is 8.01. The summed E-state index contributed by atoms with van der Waals surface area (Å²) in [5.41, 5.74) is 8.79. The van der Waals surface area contributed by atoms with Gasteiger partial charge in [-0.25, -0.2) is 4.79 Å². The molecular formula is C19H20N2O3. The molecule has 3 N–H and O–H groups in total. The number of nitrogens with one attached hydrogen (secondary N) is 1. The molecule has 24 heavy (non-hydrogen) atoms. The lowest BCUT2D eigenvalue weighted by Crippen LogP contribution is -2.29. The highest BCUT2D eigenvalue weighted by molar-refractivity contribution is 5.95. The van der Waals surface area contributed by atoms with Gasteiger partial charge in [0.1, 0.15) is 0 Å². The van der Waals surface area contributed by atoms with Crippen molar-refractivity contribution in [2.75, 3.05) is 18.5 Å². The van der Waals surface area contributed by atoms with E-state index in [4.69, 9.17) is 10.5 Å². The van der Waals surface area contributed by atoms with Gasteiger partial charge in [0.25, 0.3) is 0 Å². The lowest BCUT2D eigenvalue weighted by atomic mass is 9.80. The van der Waals surface area contributed by atoms with Gasteiger partial charge in [-0.3, -0.25) is 4.79 Å². The van der Waals surface area contributed by atoms with Crippen LogP contribution in [-0.2, 0) is 9.53 Å². The van der Waals surface area contributed by atoms with E-state index in [1.807, 2.05) is 30.3 Å². The van der Waals surface area contributed by atoms with Crippen molar-refractivity contribution in [2.45, 2.75) is 18.8 Å². The summed E-state index contributed by atoms with van der Waals surface area (Å²) in [4.78, 5) is 24.5. The van der Waals surface area contributed by atoms with Crippen molar-refractivity contribution in [1.82, 2.24) is 0 Å². The Bertz CT molecular complexity index is 773. The molecule has 0 spiro atoms. The third kappa shape index (κ3) is 2.85. The average molecular weight is 324 g/mol. The van der Waals surface area contributed by atoms with E-state index < -0.39 is 17.8 Å². The number of hydrogen-bond acceptors (Lipinski definition) is 4. The Morgan fingerprint density at radius 1 is 1.21 bits per heavy atom. The van der Waals surface area contributed by atoms with Crippen LogP contribution in [0.3, 0.4) is 0 Å². The van der Waals surface area contributed by atoms with Crippen LogP contribution in [0.15, 0.2) is 48.5 Å². The number of carbonyl (C=O) groups is 2. The molecule has 0 aliphatic carbocycles. The first kappa shape index (κ1) is 16.1. The normalized spacial score (nSPS) is 16.8. The van der Waals surface area contributed by atoms with Gasteiger partial charge in [-0.05, 0) is 30.2 Å². The quantitative estimate of drug-likeness (QED) is 0.829. The van der Waals surface area contributed by atoms with E-state index >= 15 is 0 Å². The van der Waals surface area contributed by atoms with Gasteiger partial charge >= 0.3 is 5.97 Å². The second-order valence-corrected chi connectivity index (χ2v) is 5.76. The van der Waals surface area contributed by atoms with E-state index in [1.165, 1.54) is 0 Å². The van der Waals surface area contributed by atoms with Crippen LogP contribution < -0.4 is 11.1 Å². The number of nitrogens with two attached hydrogens (primary N) is 1. The van der Waals surface area contributed by atoms with E-state index in [2.05, 4.69) is 5.32 Å². The van der Waals surface area contributed by atoms with Crippen LogP contribution >= 0.6 is 0 Å². The Morgan fingerprint density at radius 2 is 1.92 bits per heavy atom. The maximum Gasteiger partial charge on any atom is 0.338 e. The Balaban J connectivity index is 2.05. The standard InChI is InChI=1S/C19H20N2O3/c1-2-24-19(23)14-9-4-3-8-13(14)17(18(20)22)15-11-21-16-10-6-5-7-12(15)16/h3-10,15,17,21H,2,11H2,1H3,(H2,20,22). The SMILES string of the molecule is CCOC(=O)c1ccccc1C(C(N)=O)C1CNc2ccccc21. The van der Waals surface area contributed by atoms with Crippen LogP contribution in [0.25, 0.3) is 0 Å². The number of carbonyl (C=O) groups excluding carboxylic acids is 2. The smallest absolute Gasteiger partial charge is 0.338 e. The second kappa shape index (κ2) is 6.74. The molecule has 2 unspecified atom stereocenters. The Hall–Kier alpha value is -2.82. The van der Waals surface area contributed by atoms with Crippen LogP contribution in [0.5, 0.6) is 0 Å². The molecule has 2 aromatic carbocycles. The Labute approximate surface area is 140 Å². The fraction of sp³-hybridized carbons (Fsp3) is 0.263. The van der Waals surface area contributed by atoms with Gasteiger partial charge in [0.05, 0.1) is 18.1 Å². The first-order valence-corrected chi connectivity index (χ1v) is 8.01. The minimum absolute atomic E-state index is 0.116. The van der Waals surface area contributed by atoms with Crippen LogP contribution in [0.1, 0.15) is 40.2 Å². The molecule has 0 radical (unpaired) electrons. The lowest BCUT2D eigenvalue weighted by Gasteiger charge is -2.23. The van der Waals surface area contributed by atoms with Gasteiger partial charge in [0.15, 0.2) is 0 Å². The number of para-hydroxylation sites is 1. The van der Waals surface area contributed by atoms with Crippen molar-refractivity contribution in [3.05, 3.63) is 65.2 Å². The van der Waals surface area contributed by atoms with Crippen molar-refractivity contribution in [2.24, 2.45) is 5.73 Å². The van der Waals surface area contributed by atoms with E-state index in [-0.39, 0.29) is 12.5 Å². The van der Waals surface area contributed by atoms with E-state index in [0.717, 1.165) is 11.3 Å². The molecule has 3 rings (SSSR count). The highest BCUT2D eigenvalue weighted by Crippen LogP contribution is 2.41. The van der Waals surface area contributed by atoms with Gasteiger partial charge in [-0.2, -0.15) is 0 Å². The summed E-state index contributed by atoms with van der Waals surface area (Å²) >= 11 is 0. The summed E-state index contributed by atoms with van der Waals surface area (Å²) in [5.74, 6) is -1.59. The molecule has 1 aliphatic rings. The van der Waals surface area contributed by atoms with Crippen molar-refractivity contribution in [3.8, 4) is 0 Å². The highest BCUT2D eigenvalue weighted by atomic mass is 16.5. The summed E-state index contributed by atoms with van der Waals surface area (Å²) < 4.78 is 5.12. The first-order chi connectivity index (χ1) is 11.6. The van der Waals surface area contributed by atoms with Crippen LogP contribution in [0.4, 0.5) is 5.69 Å². The van der Waals surface area contributed by atoms with Crippen molar-refractivity contribution in [1.29, 1.82) is 0 Å². The fourth-order valence-electron chi connectivity index (χ4n) is 3.34. The number of ether oxygens (including phenoxy) is 1. The van der Waals surface area contributed by atoms with Crippen molar-refractivity contribution < 1.29 is 14.3 Å². The van der Waals surface area contributed by atoms with Crippen LogP contribution in [0, 0.1) is 0 Å². The van der Waals surface area contributed by atoms with E-state index in [1.54, 1.807) is 25.1 Å². The largest absolute Gasteiger partial charge is 0.462 e. The summed E-state index contributed by atoms with van der Waals surface area (Å²) in [6.45, 7) is 2.63. The average Bonchev–Trinajstić information content (AvgIpc) is 2.99. The molecule has 1 aliphatic heterocycles. The molecule has 0 bridgehead atoms. The molecule has 0 fully saturated rings. The van der Waals surface area contributed by atoms with Crippen LogP contribution in [0.2, 0.25) is 0 Å². The van der Waals surface area contributed by atoms with Gasteiger partial charge in [-0.1, -0.05) is 36.4 Å². The van der Waals surface area contributed by atoms with Gasteiger partial charge in [-0.15, -0.1) is 0 Å². The zero-order chi connectivity index (χ0) is 17.1. The third-order valence-corrected chi connectivity index (χ3v) is 4.37. The lowest BCUT2D eigenvalue weighted by molar-refractivity contribution is -0.119. The Morgan fingerprint density at radius 3 is 2.67 bits per heavy atom. The molecule has 1 heterocycles. The fourth-order valence-corrected chi connectivity index (χ4v) is 3.34. The zero-order valence-corrected chi connectivity index (χ0v) is 13.5. The minimum Gasteiger partial charge on any atom is -0.462 e. The maximum absolute atomic E-state index is 12.3. The summed E-state index contributed by atoms with van der Waals surface area (Å²) in [7, 11) is 0. The van der Waals surface area contributed by atoms with E-state index in [9.17, 15) is 9.59 Å². The molecular weight excluding hydrogens is 304 g/mol. The molecule has 0 saturated carbocycles. The predicted molar refractivity (Wildman–Crippen MR) is 92.0 cm³/mol. The molecule has 124 valence electrons. The number of benzene rings is 2. The summed E-state index contributed by atoms with van der Waals surface area (Å²) in [6.07, 6.45) is 0. The van der Waals surface area contributed by atoms with Gasteiger partial charge < -0.3 is 15.8 Å². The molecule has 2 atom stereocenters. The van der Waals surface area contributed by atoms with Gasteiger partial charge in [0, 0.05) is 18.2 Å². The molecule has 5 nitrogen and oxygen atoms in total. The summed E-state index contributed by atoms with van der Waals surface area (Å²) in [6, 6.07) is 14.9. The van der Waals surface area contributed by atoms with Crippen molar-refractivity contribution in [3.63, 3.8) is 0 Å². The topological polar surface area (TPSA) is 81.4 Å². The number of hydrogen-bond donors (Lipinski definition) is 2. The molecule has 1 amide bonds. The minimum atomic E-state index is -0.596. The maximum atomic E-state index is 12.3. The monoisotopic (exact) mass is 324 g/mol. The molecule has 2 aromatic rings. The second-order valence-electron chi connectivity index (χ2n) is 5.76. The van der Waals surface area contributed by atoms with Crippen LogP contribution in [-0.4, -0.2) is 25.0 Å². The number of anilines is 1. The summed E-state index contributed by atoms with van der Waals surface area (Å²) in [5, 5.41) is 3.31. The Kier molecular flexibility index (Phi) is 4.51.